The molecule has 2 aromatic heterocycles. The van der Waals surface area contributed by atoms with Crippen molar-refractivity contribution in [3.05, 3.63) is 94.5 Å². The minimum Gasteiger partial charge on any atom is -0.497 e. The Bertz CT molecular complexity index is 1490. The molecule has 0 atom stereocenters. The molecule has 0 bridgehead atoms. The van der Waals surface area contributed by atoms with E-state index in [0.29, 0.717) is 22.5 Å². The molecule has 5 rings (SSSR count). The molecule has 2 heterocycles. The van der Waals surface area contributed by atoms with Gasteiger partial charge in [0.15, 0.2) is 0 Å². The van der Waals surface area contributed by atoms with Crippen molar-refractivity contribution in [2.75, 3.05) is 7.11 Å². The summed E-state index contributed by atoms with van der Waals surface area (Å²) in [6.07, 6.45) is 0. The number of fused-ring (bicyclic) bond motifs is 2. The highest BCUT2D eigenvalue weighted by atomic mass is 16.5. The first kappa shape index (κ1) is 19.6. The van der Waals surface area contributed by atoms with Gasteiger partial charge >= 0.3 is 11.6 Å². The van der Waals surface area contributed by atoms with Gasteiger partial charge in [-0.05, 0) is 54.4 Å². The number of aryl methyl sites for hydroxylation is 1. The van der Waals surface area contributed by atoms with E-state index in [9.17, 15) is 9.59 Å². The Labute approximate surface area is 182 Å². The van der Waals surface area contributed by atoms with E-state index in [1.165, 1.54) is 6.07 Å². The highest BCUT2D eigenvalue weighted by Crippen LogP contribution is 2.30. The first-order chi connectivity index (χ1) is 15.5. The van der Waals surface area contributed by atoms with Crippen LogP contribution in [0.25, 0.3) is 33.1 Å². The van der Waals surface area contributed by atoms with Crippen molar-refractivity contribution in [3.63, 3.8) is 0 Å². The van der Waals surface area contributed by atoms with E-state index in [4.69, 9.17) is 18.3 Å². The number of rotatable bonds is 4. The maximum absolute atomic E-state index is 12.7. The van der Waals surface area contributed by atoms with Gasteiger partial charge in [0.2, 0.25) is 5.76 Å². The van der Waals surface area contributed by atoms with E-state index in [-0.39, 0.29) is 11.5 Å². The predicted octanol–water partition coefficient (Wildman–Crippen LogP) is 5.74. The Balaban J connectivity index is 1.48. The molecule has 0 unspecified atom stereocenters. The van der Waals surface area contributed by atoms with Gasteiger partial charge in [0, 0.05) is 16.8 Å². The minimum atomic E-state index is -0.630. The smallest absolute Gasteiger partial charge is 0.379 e. The largest absolute Gasteiger partial charge is 0.497 e. The van der Waals surface area contributed by atoms with Crippen LogP contribution in [-0.4, -0.2) is 13.1 Å². The summed E-state index contributed by atoms with van der Waals surface area (Å²) in [6, 6.07) is 21.1. The van der Waals surface area contributed by atoms with E-state index in [1.54, 1.807) is 43.5 Å². The molecular weight excluding hydrogens is 408 g/mol. The maximum atomic E-state index is 12.7. The van der Waals surface area contributed by atoms with Crippen LogP contribution in [0.3, 0.4) is 0 Å². The lowest BCUT2D eigenvalue weighted by Gasteiger charge is -2.10. The van der Waals surface area contributed by atoms with Crippen LogP contribution in [0.1, 0.15) is 16.1 Å². The van der Waals surface area contributed by atoms with Crippen LogP contribution in [0.2, 0.25) is 0 Å². The van der Waals surface area contributed by atoms with E-state index < -0.39 is 11.6 Å². The molecule has 0 aliphatic rings. The lowest BCUT2D eigenvalue weighted by atomic mass is 9.99. The van der Waals surface area contributed by atoms with Gasteiger partial charge in [0.05, 0.1) is 12.7 Å². The highest BCUT2D eigenvalue weighted by Gasteiger charge is 2.17. The van der Waals surface area contributed by atoms with Gasteiger partial charge < -0.3 is 18.3 Å². The van der Waals surface area contributed by atoms with Crippen LogP contribution < -0.4 is 15.1 Å². The third-order valence-corrected chi connectivity index (χ3v) is 5.35. The fraction of sp³-hybridized carbons (Fsp3) is 0.0769. The Kier molecular flexibility index (Phi) is 4.75. The van der Waals surface area contributed by atoms with E-state index in [2.05, 4.69) is 0 Å². The second-order valence-electron chi connectivity index (χ2n) is 7.31. The molecule has 158 valence electrons. The van der Waals surface area contributed by atoms with Crippen molar-refractivity contribution >= 4 is 27.9 Å². The minimum absolute atomic E-state index is 0.0961. The third-order valence-electron chi connectivity index (χ3n) is 5.35. The second-order valence-corrected chi connectivity index (χ2v) is 7.31. The molecule has 0 spiro atoms. The Morgan fingerprint density at radius 3 is 2.34 bits per heavy atom. The molecule has 0 saturated carbocycles. The third kappa shape index (κ3) is 3.41. The Morgan fingerprint density at radius 2 is 1.59 bits per heavy atom. The van der Waals surface area contributed by atoms with Crippen molar-refractivity contribution in [2.45, 2.75) is 6.92 Å². The van der Waals surface area contributed by atoms with Crippen molar-refractivity contribution in [1.82, 2.24) is 0 Å². The molecule has 0 amide bonds. The number of ether oxygens (including phenoxy) is 2. The van der Waals surface area contributed by atoms with Crippen LogP contribution in [0.4, 0.5) is 0 Å². The molecule has 3 aromatic carbocycles. The van der Waals surface area contributed by atoms with Crippen molar-refractivity contribution in [2.24, 2.45) is 0 Å². The average Bonchev–Trinajstić information content (AvgIpc) is 3.24. The summed E-state index contributed by atoms with van der Waals surface area (Å²) in [6.45, 7) is 1.86. The summed E-state index contributed by atoms with van der Waals surface area (Å²) in [4.78, 5) is 25.3. The molecule has 32 heavy (non-hydrogen) atoms. The van der Waals surface area contributed by atoms with Crippen molar-refractivity contribution in [3.8, 4) is 22.6 Å². The van der Waals surface area contributed by atoms with Gasteiger partial charge in [0.25, 0.3) is 0 Å². The first-order valence-corrected chi connectivity index (χ1v) is 9.96. The number of carbonyl (C=O) groups excluding carboxylic acids is 1. The van der Waals surface area contributed by atoms with Gasteiger partial charge in [0.1, 0.15) is 22.7 Å². The first-order valence-electron chi connectivity index (χ1n) is 9.96. The fourth-order valence-corrected chi connectivity index (χ4v) is 3.73. The molecule has 0 aliphatic heterocycles. The number of hydrogen-bond acceptors (Lipinski definition) is 6. The molecular formula is C26H18O6. The molecule has 0 fully saturated rings. The number of methoxy groups -OCH3 is 1. The van der Waals surface area contributed by atoms with Crippen LogP contribution in [-0.2, 0) is 0 Å². The summed E-state index contributed by atoms with van der Waals surface area (Å²) < 4.78 is 21.7. The molecule has 0 radical (unpaired) electrons. The molecule has 5 aromatic rings. The van der Waals surface area contributed by atoms with E-state index in [0.717, 1.165) is 21.9 Å². The van der Waals surface area contributed by atoms with Crippen LogP contribution >= 0.6 is 0 Å². The van der Waals surface area contributed by atoms with Gasteiger partial charge in [-0.3, -0.25) is 0 Å². The topological polar surface area (TPSA) is 78.9 Å². The average molecular weight is 426 g/mol. The zero-order valence-electron chi connectivity index (χ0n) is 17.4. The number of para-hydroxylation sites is 1. The summed E-state index contributed by atoms with van der Waals surface area (Å²) in [5.41, 5.74) is 2.45. The van der Waals surface area contributed by atoms with Crippen LogP contribution in [0.15, 0.2) is 86.4 Å². The van der Waals surface area contributed by atoms with Crippen LogP contribution in [0, 0.1) is 6.92 Å². The molecule has 0 N–H and O–H groups in total. The summed E-state index contributed by atoms with van der Waals surface area (Å²) in [7, 11) is 1.59. The monoisotopic (exact) mass is 426 g/mol. The number of benzene rings is 3. The van der Waals surface area contributed by atoms with Gasteiger partial charge in [-0.15, -0.1) is 0 Å². The number of hydrogen-bond donors (Lipinski definition) is 0. The van der Waals surface area contributed by atoms with Crippen LogP contribution in [0.5, 0.6) is 11.5 Å². The molecule has 6 heteroatoms. The Hall–Kier alpha value is -4.32. The maximum Gasteiger partial charge on any atom is 0.379 e. The predicted molar refractivity (Wildman–Crippen MR) is 120 cm³/mol. The SMILES string of the molecule is COc1ccc(-c2c(C)c3ccc(OC(=O)c4cc5ccccc5o4)cc3oc2=O)cc1. The second kappa shape index (κ2) is 7.74. The highest BCUT2D eigenvalue weighted by molar-refractivity contribution is 5.94. The summed E-state index contributed by atoms with van der Waals surface area (Å²) in [5, 5.41) is 1.56. The molecule has 0 saturated heterocycles. The van der Waals surface area contributed by atoms with Crippen molar-refractivity contribution in [1.29, 1.82) is 0 Å². The quantitative estimate of drug-likeness (QED) is 0.207. The standard InChI is InChI=1S/C26H18O6/c1-15-20-12-11-19(30-25(27)23-13-17-5-3-4-6-21(17)31-23)14-22(20)32-26(28)24(15)16-7-9-18(29-2)10-8-16/h3-14H,1-2H3. The number of furan rings is 1. The zero-order valence-corrected chi connectivity index (χ0v) is 17.4. The van der Waals surface area contributed by atoms with E-state index >= 15 is 0 Å². The number of esters is 1. The van der Waals surface area contributed by atoms with E-state index in [1.807, 2.05) is 37.3 Å². The lowest BCUT2D eigenvalue weighted by molar-refractivity contribution is 0.0704. The Morgan fingerprint density at radius 1 is 0.844 bits per heavy atom. The number of carbonyl (C=O) groups is 1. The molecule has 0 aliphatic carbocycles. The van der Waals surface area contributed by atoms with Gasteiger partial charge in [-0.25, -0.2) is 9.59 Å². The normalized spacial score (nSPS) is 11.1. The molecule has 6 nitrogen and oxygen atoms in total. The zero-order chi connectivity index (χ0) is 22.2. The van der Waals surface area contributed by atoms with Gasteiger partial charge in [-0.1, -0.05) is 30.3 Å². The summed E-state index contributed by atoms with van der Waals surface area (Å²) in [5.74, 6) is 0.420. The lowest BCUT2D eigenvalue weighted by Crippen LogP contribution is -2.08. The summed E-state index contributed by atoms with van der Waals surface area (Å²) >= 11 is 0. The van der Waals surface area contributed by atoms with Gasteiger partial charge in [-0.2, -0.15) is 0 Å². The van der Waals surface area contributed by atoms with Crippen molar-refractivity contribution < 1.29 is 23.1 Å². The fourth-order valence-electron chi connectivity index (χ4n) is 3.73.